The van der Waals surface area contributed by atoms with Gasteiger partial charge in [0.05, 0.1) is 0 Å². The Labute approximate surface area is 118 Å². The lowest BCUT2D eigenvalue weighted by atomic mass is 9.96. The van der Waals surface area contributed by atoms with Crippen molar-refractivity contribution < 1.29 is 0 Å². The summed E-state index contributed by atoms with van der Waals surface area (Å²) in [6.45, 7) is 11.5. The van der Waals surface area contributed by atoms with Crippen LogP contribution in [-0.2, 0) is 0 Å². The minimum atomic E-state index is 0.353. The average Bonchev–Trinajstić information content (AvgIpc) is 2.88. The molecular formula is C17H28N2. The fourth-order valence-corrected chi connectivity index (χ4v) is 2.77. The van der Waals surface area contributed by atoms with Gasteiger partial charge in [-0.25, -0.2) is 0 Å². The second-order valence-electron chi connectivity index (χ2n) is 6.86. The topological polar surface area (TPSA) is 15.3 Å². The number of nitrogens with zero attached hydrogens (tertiary/aromatic N) is 1. The number of hydrogen-bond donors (Lipinski definition) is 1. The van der Waals surface area contributed by atoms with Crippen LogP contribution in [0, 0.1) is 5.41 Å². The van der Waals surface area contributed by atoms with Crippen LogP contribution in [-0.4, -0.2) is 31.1 Å². The summed E-state index contributed by atoms with van der Waals surface area (Å²) in [4.78, 5) is 2.63. The molecule has 2 nitrogen and oxygen atoms in total. The van der Waals surface area contributed by atoms with Crippen molar-refractivity contribution in [2.45, 2.75) is 39.7 Å². The van der Waals surface area contributed by atoms with Gasteiger partial charge < -0.3 is 5.32 Å². The largest absolute Gasteiger partial charge is 0.314 e. The molecule has 1 N–H and O–H groups in total. The average molecular weight is 260 g/mol. The van der Waals surface area contributed by atoms with Crippen LogP contribution >= 0.6 is 0 Å². The second-order valence-corrected chi connectivity index (χ2v) is 6.86. The number of likely N-dealkylation sites (tertiary alicyclic amines) is 1. The molecule has 1 aliphatic rings. The third kappa shape index (κ3) is 4.63. The Morgan fingerprint density at radius 3 is 2.32 bits per heavy atom. The smallest absolute Gasteiger partial charge is 0.0472 e. The Bertz CT molecular complexity index is 361. The first kappa shape index (κ1) is 14.5. The summed E-state index contributed by atoms with van der Waals surface area (Å²) in [7, 11) is 0. The highest BCUT2D eigenvalue weighted by Crippen LogP contribution is 2.24. The van der Waals surface area contributed by atoms with Gasteiger partial charge in [-0.2, -0.15) is 0 Å². The standard InChI is InChI=1S/C17H28N2/c1-17(2,3)14-18-13-16(19-11-7-8-12-19)15-9-5-4-6-10-15/h4-6,9-10,16,18H,7-8,11-14H2,1-3H3. The summed E-state index contributed by atoms with van der Waals surface area (Å²) in [5.41, 5.74) is 1.80. The van der Waals surface area contributed by atoms with E-state index in [0.717, 1.165) is 13.1 Å². The molecule has 1 fully saturated rings. The summed E-state index contributed by atoms with van der Waals surface area (Å²) < 4.78 is 0. The molecule has 0 aliphatic carbocycles. The molecule has 1 heterocycles. The van der Waals surface area contributed by atoms with Crippen LogP contribution in [0.2, 0.25) is 0 Å². The Hall–Kier alpha value is -0.860. The summed E-state index contributed by atoms with van der Waals surface area (Å²) in [6.07, 6.45) is 2.70. The molecule has 1 aromatic carbocycles. The summed E-state index contributed by atoms with van der Waals surface area (Å²) in [5.74, 6) is 0. The number of rotatable bonds is 5. The fourth-order valence-electron chi connectivity index (χ4n) is 2.77. The van der Waals surface area contributed by atoms with Crippen LogP contribution in [0.1, 0.15) is 45.2 Å². The highest BCUT2D eigenvalue weighted by Gasteiger charge is 2.23. The first-order valence-electron chi connectivity index (χ1n) is 7.56. The van der Waals surface area contributed by atoms with Crippen molar-refractivity contribution in [1.82, 2.24) is 10.2 Å². The van der Waals surface area contributed by atoms with Crippen LogP contribution in [0.3, 0.4) is 0 Å². The van der Waals surface area contributed by atoms with Gasteiger partial charge in [0, 0.05) is 19.1 Å². The summed E-state index contributed by atoms with van der Waals surface area (Å²) in [5, 5.41) is 3.66. The molecule has 106 valence electrons. The third-order valence-corrected chi connectivity index (χ3v) is 3.76. The van der Waals surface area contributed by atoms with E-state index in [0.29, 0.717) is 11.5 Å². The Morgan fingerprint density at radius 2 is 1.74 bits per heavy atom. The molecule has 0 aromatic heterocycles. The molecular weight excluding hydrogens is 232 g/mol. The van der Waals surface area contributed by atoms with Gasteiger partial charge in [0.1, 0.15) is 0 Å². The second kappa shape index (κ2) is 6.53. The molecule has 0 amide bonds. The van der Waals surface area contributed by atoms with Crippen molar-refractivity contribution in [1.29, 1.82) is 0 Å². The van der Waals surface area contributed by atoms with Gasteiger partial charge in [0.2, 0.25) is 0 Å². The third-order valence-electron chi connectivity index (χ3n) is 3.76. The molecule has 19 heavy (non-hydrogen) atoms. The van der Waals surface area contributed by atoms with Gasteiger partial charge in [-0.05, 0) is 36.9 Å². The number of nitrogens with one attached hydrogen (secondary N) is 1. The van der Waals surface area contributed by atoms with E-state index in [1.165, 1.54) is 31.5 Å². The van der Waals surface area contributed by atoms with Gasteiger partial charge in [-0.1, -0.05) is 51.1 Å². The molecule has 1 aromatic rings. The van der Waals surface area contributed by atoms with Crippen LogP contribution in [0.15, 0.2) is 30.3 Å². The van der Waals surface area contributed by atoms with Crippen molar-refractivity contribution in [2.24, 2.45) is 5.41 Å². The number of benzene rings is 1. The molecule has 1 saturated heterocycles. The first-order valence-corrected chi connectivity index (χ1v) is 7.56. The van der Waals surface area contributed by atoms with Gasteiger partial charge in [-0.15, -0.1) is 0 Å². The molecule has 1 atom stereocenters. The molecule has 0 spiro atoms. The highest BCUT2D eigenvalue weighted by atomic mass is 15.2. The van der Waals surface area contributed by atoms with Crippen molar-refractivity contribution in [3.05, 3.63) is 35.9 Å². The van der Waals surface area contributed by atoms with Crippen molar-refractivity contribution in [3.63, 3.8) is 0 Å². The minimum Gasteiger partial charge on any atom is -0.314 e. The normalized spacial score (nSPS) is 18.7. The predicted molar refractivity (Wildman–Crippen MR) is 82.3 cm³/mol. The van der Waals surface area contributed by atoms with Gasteiger partial charge in [0.25, 0.3) is 0 Å². The van der Waals surface area contributed by atoms with E-state index in [4.69, 9.17) is 0 Å². The zero-order valence-corrected chi connectivity index (χ0v) is 12.7. The zero-order valence-electron chi connectivity index (χ0n) is 12.7. The van der Waals surface area contributed by atoms with Crippen LogP contribution < -0.4 is 5.32 Å². The summed E-state index contributed by atoms with van der Waals surface area (Å²) in [6, 6.07) is 11.5. The highest BCUT2D eigenvalue weighted by molar-refractivity contribution is 5.19. The first-order chi connectivity index (χ1) is 9.06. The van der Waals surface area contributed by atoms with Crippen LogP contribution in [0.4, 0.5) is 0 Å². The number of hydrogen-bond acceptors (Lipinski definition) is 2. The van der Waals surface area contributed by atoms with Crippen molar-refractivity contribution in [3.8, 4) is 0 Å². The van der Waals surface area contributed by atoms with E-state index in [1.807, 2.05) is 0 Å². The maximum absolute atomic E-state index is 3.66. The molecule has 1 aliphatic heterocycles. The fraction of sp³-hybridized carbons (Fsp3) is 0.647. The molecule has 1 unspecified atom stereocenters. The Morgan fingerprint density at radius 1 is 1.11 bits per heavy atom. The lowest BCUT2D eigenvalue weighted by Crippen LogP contribution is -2.37. The molecule has 0 bridgehead atoms. The van der Waals surface area contributed by atoms with Gasteiger partial charge >= 0.3 is 0 Å². The Kier molecular flexibility index (Phi) is 5.00. The van der Waals surface area contributed by atoms with E-state index >= 15 is 0 Å². The predicted octanol–water partition coefficient (Wildman–Crippen LogP) is 3.46. The minimum absolute atomic E-state index is 0.353. The van der Waals surface area contributed by atoms with Crippen molar-refractivity contribution >= 4 is 0 Å². The maximum Gasteiger partial charge on any atom is 0.0472 e. The molecule has 2 heteroatoms. The Balaban J connectivity index is 1.98. The molecule has 0 saturated carbocycles. The van der Waals surface area contributed by atoms with Gasteiger partial charge in [-0.3, -0.25) is 4.90 Å². The van der Waals surface area contributed by atoms with Crippen LogP contribution in [0.25, 0.3) is 0 Å². The molecule has 2 rings (SSSR count). The zero-order chi connectivity index (χ0) is 13.7. The summed E-state index contributed by atoms with van der Waals surface area (Å²) >= 11 is 0. The monoisotopic (exact) mass is 260 g/mol. The van der Waals surface area contributed by atoms with Gasteiger partial charge in [0.15, 0.2) is 0 Å². The van der Waals surface area contributed by atoms with Crippen LogP contribution in [0.5, 0.6) is 0 Å². The van der Waals surface area contributed by atoms with E-state index in [9.17, 15) is 0 Å². The van der Waals surface area contributed by atoms with Crippen molar-refractivity contribution in [2.75, 3.05) is 26.2 Å². The maximum atomic E-state index is 3.66. The lowest BCUT2D eigenvalue weighted by molar-refractivity contribution is 0.230. The van der Waals surface area contributed by atoms with E-state index in [1.54, 1.807) is 0 Å². The quantitative estimate of drug-likeness (QED) is 0.872. The lowest BCUT2D eigenvalue weighted by Gasteiger charge is -2.30. The SMILES string of the molecule is CC(C)(C)CNCC(c1ccccc1)N1CCCC1. The molecule has 0 radical (unpaired) electrons. The van der Waals surface area contributed by atoms with E-state index < -0.39 is 0 Å². The van der Waals surface area contributed by atoms with E-state index in [2.05, 4.69) is 61.3 Å². The van der Waals surface area contributed by atoms with E-state index in [-0.39, 0.29) is 0 Å².